The maximum absolute atomic E-state index is 12.4. The van der Waals surface area contributed by atoms with E-state index in [2.05, 4.69) is 19.1 Å². The number of Topliss-reactive ketones (excluding diaryl/α,β-unsaturated/α-hetero) is 1. The Kier molecular flexibility index (Phi) is 4.23. The summed E-state index contributed by atoms with van der Waals surface area (Å²) in [6.07, 6.45) is 0. The van der Waals surface area contributed by atoms with Gasteiger partial charge in [-0.15, -0.1) is 0 Å². The van der Waals surface area contributed by atoms with Gasteiger partial charge in [-0.25, -0.2) is 0 Å². The molecule has 0 saturated carbocycles. The first-order chi connectivity index (χ1) is 9.47. The highest BCUT2D eigenvalue weighted by Crippen LogP contribution is 2.16. The molecule has 104 valence electrons. The summed E-state index contributed by atoms with van der Waals surface area (Å²) in [6, 6.07) is 14.2. The Morgan fingerprint density at radius 3 is 2.20 bits per heavy atom. The van der Waals surface area contributed by atoms with E-state index in [-0.39, 0.29) is 5.78 Å². The number of aryl methyl sites for hydroxylation is 3. The number of rotatable bonds is 4. The number of carbonyl (C=O) groups is 1. The molecule has 0 amide bonds. The lowest BCUT2D eigenvalue weighted by Crippen LogP contribution is -2.26. The molecule has 20 heavy (non-hydrogen) atoms. The van der Waals surface area contributed by atoms with Crippen molar-refractivity contribution >= 4 is 11.5 Å². The molecule has 2 heteroatoms. The van der Waals surface area contributed by atoms with Crippen molar-refractivity contribution in [1.82, 2.24) is 0 Å². The van der Waals surface area contributed by atoms with Gasteiger partial charge < -0.3 is 4.90 Å². The van der Waals surface area contributed by atoms with Gasteiger partial charge in [0.1, 0.15) is 0 Å². The third-order valence-corrected chi connectivity index (χ3v) is 3.55. The van der Waals surface area contributed by atoms with Gasteiger partial charge in [-0.1, -0.05) is 35.4 Å². The van der Waals surface area contributed by atoms with Gasteiger partial charge in [-0.3, -0.25) is 4.79 Å². The van der Waals surface area contributed by atoms with Gasteiger partial charge in [0.25, 0.3) is 0 Å². The number of ketones is 1. The average Bonchev–Trinajstić information content (AvgIpc) is 2.42. The average molecular weight is 267 g/mol. The number of carbonyl (C=O) groups excluding carboxylic acids is 1. The maximum Gasteiger partial charge on any atom is 0.182 e. The second kappa shape index (κ2) is 5.91. The third-order valence-electron chi connectivity index (χ3n) is 3.55. The molecule has 0 aliphatic heterocycles. The van der Waals surface area contributed by atoms with Crippen molar-refractivity contribution in [2.45, 2.75) is 20.8 Å². The molecule has 0 atom stereocenters. The monoisotopic (exact) mass is 267 g/mol. The second-order valence-electron chi connectivity index (χ2n) is 5.43. The van der Waals surface area contributed by atoms with Crippen LogP contribution in [0.2, 0.25) is 0 Å². The smallest absolute Gasteiger partial charge is 0.182 e. The minimum absolute atomic E-state index is 0.161. The summed E-state index contributed by atoms with van der Waals surface area (Å²) in [4.78, 5) is 14.4. The normalized spacial score (nSPS) is 10.4. The minimum atomic E-state index is 0.161. The number of likely N-dealkylation sites (N-methyl/N-ethyl adjacent to an activating group) is 1. The van der Waals surface area contributed by atoms with Crippen molar-refractivity contribution in [3.05, 3.63) is 64.7 Å². The van der Waals surface area contributed by atoms with Crippen molar-refractivity contribution < 1.29 is 4.79 Å². The molecule has 0 saturated heterocycles. The van der Waals surface area contributed by atoms with Crippen LogP contribution in [0.4, 0.5) is 5.69 Å². The summed E-state index contributed by atoms with van der Waals surface area (Å²) in [5.74, 6) is 0.161. The van der Waals surface area contributed by atoms with E-state index < -0.39 is 0 Å². The number of hydrogen-bond donors (Lipinski definition) is 0. The highest BCUT2D eigenvalue weighted by atomic mass is 16.1. The molecule has 2 nitrogen and oxygen atoms in total. The van der Waals surface area contributed by atoms with Crippen LogP contribution in [0, 0.1) is 20.8 Å². The molecule has 0 N–H and O–H groups in total. The van der Waals surface area contributed by atoms with Crippen LogP contribution in [0.5, 0.6) is 0 Å². The van der Waals surface area contributed by atoms with E-state index >= 15 is 0 Å². The standard InChI is InChI=1S/C18H21NO/c1-13-6-9-16(10-7-13)19(4)12-18(20)17-11-14(2)5-8-15(17)3/h5-11H,12H2,1-4H3. The van der Waals surface area contributed by atoms with Crippen LogP contribution < -0.4 is 4.90 Å². The summed E-state index contributed by atoms with van der Waals surface area (Å²) >= 11 is 0. The summed E-state index contributed by atoms with van der Waals surface area (Å²) in [7, 11) is 1.95. The van der Waals surface area contributed by atoms with Crippen LogP contribution in [0.25, 0.3) is 0 Å². The van der Waals surface area contributed by atoms with Crippen LogP contribution in [0.3, 0.4) is 0 Å². The lowest BCUT2D eigenvalue weighted by Gasteiger charge is -2.19. The van der Waals surface area contributed by atoms with E-state index in [0.29, 0.717) is 6.54 Å². The largest absolute Gasteiger partial charge is 0.367 e. The Morgan fingerprint density at radius 1 is 0.950 bits per heavy atom. The van der Waals surface area contributed by atoms with Gasteiger partial charge in [-0.05, 0) is 44.5 Å². The van der Waals surface area contributed by atoms with E-state index in [0.717, 1.165) is 22.4 Å². The molecular weight excluding hydrogens is 246 g/mol. The topological polar surface area (TPSA) is 20.3 Å². The molecule has 2 aromatic rings. The fourth-order valence-electron chi connectivity index (χ4n) is 2.23. The maximum atomic E-state index is 12.4. The molecular formula is C18H21NO. The molecule has 2 aromatic carbocycles. The van der Waals surface area contributed by atoms with Gasteiger partial charge >= 0.3 is 0 Å². The zero-order valence-corrected chi connectivity index (χ0v) is 12.6. The SMILES string of the molecule is Cc1ccc(N(C)CC(=O)c2cc(C)ccc2C)cc1. The first-order valence-corrected chi connectivity index (χ1v) is 6.85. The highest BCUT2D eigenvalue weighted by molar-refractivity contribution is 6.00. The van der Waals surface area contributed by atoms with E-state index in [1.54, 1.807) is 0 Å². The molecule has 0 aliphatic carbocycles. The number of hydrogen-bond acceptors (Lipinski definition) is 2. The lowest BCUT2D eigenvalue weighted by atomic mass is 10.0. The molecule has 0 spiro atoms. The number of nitrogens with zero attached hydrogens (tertiary/aromatic N) is 1. The van der Waals surface area contributed by atoms with Crippen LogP contribution in [-0.2, 0) is 0 Å². The van der Waals surface area contributed by atoms with E-state index in [1.165, 1.54) is 5.56 Å². The second-order valence-corrected chi connectivity index (χ2v) is 5.43. The van der Waals surface area contributed by atoms with Gasteiger partial charge in [0.2, 0.25) is 0 Å². The van der Waals surface area contributed by atoms with E-state index in [9.17, 15) is 4.79 Å². The summed E-state index contributed by atoms with van der Waals surface area (Å²) < 4.78 is 0. The van der Waals surface area contributed by atoms with Gasteiger partial charge in [0.15, 0.2) is 5.78 Å². The predicted molar refractivity (Wildman–Crippen MR) is 84.7 cm³/mol. The number of benzene rings is 2. The minimum Gasteiger partial charge on any atom is -0.367 e. The molecule has 0 bridgehead atoms. The highest BCUT2D eigenvalue weighted by Gasteiger charge is 2.12. The molecule has 0 unspecified atom stereocenters. The summed E-state index contributed by atoms with van der Waals surface area (Å²) in [5.41, 5.74) is 5.27. The molecule has 0 radical (unpaired) electrons. The quantitative estimate of drug-likeness (QED) is 0.782. The molecule has 0 fully saturated rings. The fraction of sp³-hybridized carbons (Fsp3) is 0.278. The summed E-state index contributed by atoms with van der Waals surface area (Å²) in [6.45, 7) is 6.46. The Hall–Kier alpha value is -2.09. The third kappa shape index (κ3) is 3.27. The fourth-order valence-corrected chi connectivity index (χ4v) is 2.23. The van der Waals surface area contributed by atoms with Crippen LogP contribution in [0.1, 0.15) is 27.0 Å². The van der Waals surface area contributed by atoms with Gasteiger partial charge in [0, 0.05) is 18.3 Å². The lowest BCUT2D eigenvalue weighted by molar-refractivity contribution is 0.0999. The van der Waals surface area contributed by atoms with Crippen LogP contribution in [-0.4, -0.2) is 19.4 Å². The van der Waals surface area contributed by atoms with Crippen molar-refractivity contribution in [2.75, 3.05) is 18.5 Å². The Balaban J connectivity index is 2.15. The van der Waals surface area contributed by atoms with Gasteiger partial charge in [-0.2, -0.15) is 0 Å². The first kappa shape index (κ1) is 14.3. The first-order valence-electron chi connectivity index (χ1n) is 6.85. The zero-order valence-electron chi connectivity index (χ0n) is 12.6. The van der Waals surface area contributed by atoms with Crippen molar-refractivity contribution in [1.29, 1.82) is 0 Å². The molecule has 0 heterocycles. The molecule has 2 rings (SSSR count). The van der Waals surface area contributed by atoms with Crippen molar-refractivity contribution in [2.24, 2.45) is 0 Å². The van der Waals surface area contributed by atoms with Crippen LogP contribution >= 0.6 is 0 Å². The van der Waals surface area contributed by atoms with Crippen LogP contribution in [0.15, 0.2) is 42.5 Å². The Bertz CT molecular complexity index is 614. The predicted octanol–water partition coefficient (Wildman–Crippen LogP) is 3.93. The number of anilines is 1. The van der Waals surface area contributed by atoms with E-state index in [1.807, 2.05) is 56.1 Å². The summed E-state index contributed by atoms with van der Waals surface area (Å²) in [5, 5.41) is 0. The van der Waals surface area contributed by atoms with E-state index in [4.69, 9.17) is 0 Å². The molecule has 0 aliphatic rings. The zero-order chi connectivity index (χ0) is 14.7. The van der Waals surface area contributed by atoms with Crippen molar-refractivity contribution in [3.63, 3.8) is 0 Å². The molecule has 0 aromatic heterocycles. The van der Waals surface area contributed by atoms with Gasteiger partial charge in [0.05, 0.1) is 6.54 Å². The van der Waals surface area contributed by atoms with Crippen molar-refractivity contribution in [3.8, 4) is 0 Å². The Labute approximate surface area is 121 Å². The Morgan fingerprint density at radius 2 is 1.55 bits per heavy atom.